The lowest BCUT2D eigenvalue weighted by Gasteiger charge is -2.09. The van der Waals surface area contributed by atoms with Crippen LogP contribution in [0.5, 0.6) is 11.5 Å². The van der Waals surface area contributed by atoms with Gasteiger partial charge in [0.15, 0.2) is 11.5 Å². The highest BCUT2D eigenvalue weighted by molar-refractivity contribution is 7.98. The number of halogens is 1. The summed E-state index contributed by atoms with van der Waals surface area (Å²) < 4.78 is 12.4. The first-order chi connectivity index (χ1) is 15.6. The predicted octanol–water partition coefficient (Wildman–Crippen LogP) is 5.40. The Labute approximate surface area is 197 Å². The van der Waals surface area contributed by atoms with Crippen molar-refractivity contribution in [3.8, 4) is 11.5 Å². The molecule has 0 saturated heterocycles. The van der Waals surface area contributed by atoms with E-state index in [1.54, 1.807) is 41.2 Å². The van der Waals surface area contributed by atoms with Crippen LogP contribution in [-0.4, -0.2) is 34.2 Å². The Morgan fingerprint density at radius 1 is 1.22 bits per heavy atom. The standard InChI is InChI=1S/C22H17ClN4O3S2/c1-29-19-11-16(6-9-18(19)30-21(28)20-3-2-10-31-20)12-25-27-14-24-26-22(27)32-13-15-4-7-17(23)8-5-15/h2-12,14H,13H2,1H3/b25-12+. The number of thiophene rings is 1. The minimum atomic E-state index is -0.424. The fourth-order valence-corrected chi connectivity index (χ4v) is 4.19. The van der Waals surface area contributed by atoms with Gasteiger partial charge in [-0.25, -0.2) is 4.79 Å². The summed E-state index contributed by atoms with van der Waals surface area (Å²) in [6, 6.07) is 16.4. The van der Waals surface area contributed by atoms with E-state index in [1.165, 1.54) is 36.5 Å². The molecule has 0 radical (unpaired) electrons. The molecule has 0 fully saturated rings. The van der Waals surface area contributed by atoms with Crippen LogP contribution in [-0.2, 0) is 5.75 Å². The van der Waals surface area contributed by atoms with Crippen LogP contribution in [0, 0.1) is 0 Å². The summed E-state index contributed by atoms with van der Waals surface area (Å²) in [5, 5.41) is 15.7. The normalized spacial score (nSPS) is 11.1. The maximum Gasteiger partial charge on any atom is 0.353 e. The van der Waals surface area contributed by atoms with E-state index in [0.29, 0.717) is 32.3 Å². The van der Waals surface area contributed by atoms with Crippen LogP contribution >= 0.6 is 34.7 Å². The summed E-state index contributed by atoms with van der Waals surface area (Å²) in [5.74, 6) is 1.06. The zero-order valence-electron chi connectivity index (χ0n) is 16.8. The Balaban J connectivity index is 1.44. The predicted molar refractivity (Wildman–Crippen MR) is 126 cm³/mol. The van der Waals surface area contributed by atoms with Gasteiger partial charge in [-0.3, -0.25) is 0 Å². The van der Waals surface area contributed by atoms with Crippen LogP contribution in [0.3, 0.4) is 0 Å². The van der Waals surface area contributed by atoms with Crippen molar-refractivity contribution in [3.05, 3.63) is 87.3 Å². The molecule has 0 unspecified atom stereocenters. The lowest BCUT2D eigenvalue weighted by atomic mass is 10.2. The Kier molecular flexibility index (Phi) is 7.21. The van der Waals surface area contributed by atoms with Gasteiger partial charge in [-0.05, 0) is 52.9 Å². The molecular formula is C22H17ClN4O3S2. The minimum Gasteiger partial charge on any atom is -0.493 e. The Bertz CT molecular complexity index is 1220. The molecule has 0 spiro atoms. The molecule has 4 rings (SSSR count). The number of carbonyl (C=O) groups excluding carboxylic acids is 1. The van der Waals surface area contributed by atoms with Gasteiger partial charge in [0.1, 0.15) is 11.2 Å². The van der Waals surface area contributed by atoms with E-state index in [0.717, 1.165) is 11.1 Å². The van der Waals surface area contributed by atoms with E-state index in [2.05, 4.69) is 15.3 Å². The summed E-state index contributed by atoms with van der Waals surface area (Å²) in [4.78, 5) is 12.7. The van der Waals surface area contributed by atoms with Crippen molar-refractivity contribution >= 4 is 46.9 Å². The fourth-order valence-electron chi connectivity index (χ4n) is 2.64. The molecule has 0 atom stereocenters. The van der Waals surface area contributed by atoms with Crippen LogP contribution in [0.1, 0.15) is 20.8 Å². The molecule has 2 aromatic heterocycles. The van der Waals surface area contributed by atoms with Gasteiger partial charge in [0.2, 0.25) is 5.16 Å². The zero-order valence-corrected chi connectivity index (χ0v) is 19.2. The molecule has 0 saturated carbocycles. The van der Waals surface area contributed by atoms with Crippen molar-refractivity contribution in [1.82, 2.24) is 14.9 Å². The Morgan fingerprint density at radius 2 is 2.06 bits per heavy atom. The van der Waals surface area contributed by atoms with Gasteiger partial charge in [0, 0.05) is 10.8 Å². The molecule has 10 heteroatoms. The quantitative estimate of drug-likeness (QED) is 0.144. The smallest absolute Gasteiger partial charge is 0.353 e. The van der Waals surface area contributed by atoms with Gasteiger partial charge in [0.25, 0.3) is 0 Å². The molecule has 2 aromatic carbocycles. The van der Waals surface area contributed by atoms with Crippen molar-refractivity contribution in [2.24, 2.45) is 5.10 Å². The van der Waals surface area contributed by atoms with E-state index < -0.39 is 5.97 Å². The number of hydrogen-bond acceptors (Lipinski definition) is 8. The van der Waals surface area contributed by atoms with Crippen LogP contribution in [0.15, 0.2) is 76.6 Å². The van der Waals surface area contributed by atoms with Crippen LogP contribution in [0.4, 0.5) is 0 Å². The van der Waals surface area contributed by atoms with E-state index in [4.69, 9.17) is 21.1 Å². The molecular weight excluding hydrogens is 468 g/mol. The fraction of sp³-hybridized carbons (Fsp3) is 0.0909. The minimum absolute atomic E-state index is 0.339. The molecule has 162 valence electrons. The highest BCUT2D eigenvalue weighted by Crippen LogP contribution is 2.29. The molecule has 4 aromatic rings. The number of aromatic nitrogens is 3. The maximum absolute atomic E-state index is 12.2. The molecule has 32 heavy (non-hydrogen) atoms. The second-order valence-corrected chi connectivity index (χ2v) is 8.72. The van der Waals surface area contributed by atoms with Gasteiger partial charge in [0.05, 0.1) is 13.3 Å². The molecule has 7 nitrogen and oxygen atoms in total. The van der Waals surface area contributed by atoms with Crippen LogP contribution in [0.2, 0.25) is 5.02 Å². The van der Waals surface area contributed by atoms with Crippen molar-refractivity contribution in [1.29, 1.82) is 0 Å². The topological polar surface area (TPSA) is 78.6 Å². The average molecular weight is 485 g/mol. The van der Waals surface area contributed by atoms with E-state index >= 15 is 0 Å². The first-order valence-corrected chi connectivity index (χ1v) is 11.6. The third-order valence-corrected chi connectivity index (χ3v) is 6.33. The van der Waals surface area contributed by atoms with Crippen molar-refractivity contribution in [2.75, 3.05) is 7.11 Å². The van der Waals surface area contributed by atoms with Crippen LogP contribution in [0.25, 0.3) is 0 Å². The summed E-state index contributed by atoms with van der Waals surface area (Å²) in [6.45, 7) is 0. The number of thioether (sulfide) groups is 1. The number of esters is 1. The Morgan fingerprint density at radius 3 is 2.81 bits per heavy atom. The highest BCUT2D eigenvalue weighted by Gasteiger charge is 2.13. The van der Waals surface area contributed by atoms with E-state index in [1.807, 2.05) is 29.6 Å². The maximum atomic E-state index is 12.2. The largest absolute Gasteiger partial charge is 0.493 e. The second-order valence-electron chi connectivity index (χ2n) is 6.39. The van der Waals surface area contributed by atoms with Gasteiger partial charge in [-0.15, -0.1) is 21.5 Å². The SMILES string of the molecule is COc1cc(/C=N/n2cnnc2SCc2ccc(Cl)cc2)ccc1OC(=O)c1cccs1. The molecule has 0 amide bonds. The van der Waals surface area contributed by atoms with Gasteiger partial charge < -0.3 is 9.47 Å². The number of ether oxygens (including phenoxy) is 2. The monoisotopic (exact) mass is 484 g/mol. The van der Waals surface area contributed by atoms with Gasteiger partial charge in [-0.1, -0.05) is 41.6 Å². The number of carbonyl (C=O) groups is 1. The third kappa shape index (κ3) is 5.56. The number of nitrogens with zero attached hydrogens (tertiary/aromatic N) is 4. The second kappa shape index (κ2) is 10.4. The Hall–Kier alpha value is -3.14. The molecule has 0 aliphatic heterocycles. The first kappa shape index (κ1) is 22.1. The van der Waals surface area contributed by atoms with Crippen molar-refractivity contribution < 1.29 is 14.3 Å². The number of hydrogen-bond donors (Lipinski definition) is 0. The van der Waals surface area contributed by atoms with Gasteiger partial charge >= 0.3 is 5.97 Å². The zero-order chi connectivity index (χ0) is 22.3. The molecule has 0 bridgehead atoms. The van der Waals surface area contributed by atoms with E-state index in [-0.39, 0.29) is 0 Å². The number of methoxy groups -OCH3 is 1. The average Bonchev–Trinajstić information content (AvgIpc) is 3.50. The lowest BCUT2D eigenvalue weighted by molar-refractivity contribution is 0.0735. The van der Waals surface area contributed by atoms with Crippen molar-refractivity contribution in [3.63, 3.8) is 0 Å². The highest BCUT2D eigenvalue weighted by atomic mass is 35.5. The van der Waals surface area contributed by atoms with Crippen molar-refractivity contribution in [2.45, 2.75) is 10.9 Å². The molecule has 2 heterocycles. The molecule has 0 N–H and O–H groups in total. The summed E-state index contributed by atoms with van der Waals surface area (Å²) in [6.07, 6.45) is 3.19. The van der Waals surface area contributed by atoms with E-state index in [9.17, 15) is 4.79 Å². The van der Waals surface area contributed by atoms with Crippen LogP contribution < -0.4 is 9.47 Å². The van der Waals surface area contributed by atoms with Gasteiger partial charge in [-0.2, -0.15) is 9.78 Å². The number of benzene rings is 2. The number of rotatable bonds is 8. The third-order valence-electron chi connectivity index (χ3n) is 4.23. The lowest BCUT2D eigenvalue weighted by Crippen LogP contribution is -2.07. The summed E-state index contributed by atoms with van der Waals surface area (Å²) in [7, 11) is 1.52. The molecule has 0 aliphatic carbocycles. The molecule has 0 aliphatic rings. The summed E-state index contributed by atoms with van der Waals surface area (Å²) >= 11 is 8.76. The first-order valence-electron chi connectivity index (χ1n) is 9.38. The summed E-state index contributed by atoms with van der Waals surface area (Å²) in [5.41, 5.74) is 1.88.